The minimum Gasteiger partial charge on any atom is -0.493 e. The molecule has 8 nitrogen and oxygen atoms in total. The van der Waals surface area contributed by atoms with Gasteiger partial charge in [0.05, 0.1) is 21.3 Å². The summed E-state index contributed by atoms with van der Waals surface area (Å²) in [7, 11) is 4.77. The molecule has 1 aromatic carbocycles. The topological polar surface area (TPSA) is 87.5 Å². The number of rotatable bonds is 5. The van der Waals surface area contributed by atoms with Crippen molar-refractivity contribution in [3.63, 3.8) is 0 Å². The van der Waals surface area contributed by atoms with Crippen molar-refractivity contribution in [3.8, 4) is 17.2 Å². The van der Waals surface area contributed by atoms with Crippen molar-refractivity contribution in [2.24, 2.45) is 0 Å². The van der Waals surface area contributed by atoms with Crippen LogP contribution in [0.5, 0.6) is 17.2 Å². The van der Waals surface area contributed by atoms with Gasteiger partial charge >= 0.3 is 0 Å². The van der Waals surface area contributed by atoms with Crippen molar-refractivity contribution in [1.82, 2.24) is 14.8 Å². The first kappa shape index (κ1) is 20.6. The van der Waals surface area contributed by atoms with Gasteiger partial charge in [0.25, 0.3) is 0 Å². The first-order valence-corrected chi connectivity index (χ1v) is 11.2. The summed E-state index contributed by atoms with van der Waals surface area (Å²) >= 11 is 1.64. The van der Waals surface area contributed by atoms with Crippen molar-refractivity contribution in [2.75, 3.05) is 26.6 Å². The molecule has 1 aliphatic heterocycles. The van der Waals surface area contributed by atoms with Crippen molar-refractivity contribution in [3.05, 3.63) is 57.2 Å². The van der Waals surface area contributed by atoms with Crippen LogP contribution in [0.4, 0.5) is 5.95 Å². The van der Waals surface area contributed by atoms with Gasteiger partial charge in [0, 0.05) is 22.6 Å². The molecule has 0 spiro atoms. The summed E-state index contributed by atoms with van der Waals surface area (Å²) in [5, 5.41) is 9.84. The lowest BCUT2D eigenvalue weighted by atomic mass is 9.78. The number of allylic oxidation sites excluding steroid dienone is 2. The molecule has 3 heterocycles. The van der Waals surface area contributed by atoms with Crippen molar-refractivity contribution < 1.29 is 19.0 Å². The molecule has 0 fully saturated rings. The molecule has 9 heteroatoms. The maximum absolute atomic E-state index is 13.6. The van der Waals surface area contributed by atoms with Crippen LogP contribution in [0.1, 0.15) is 40.8 Å². The number of ketones is 1. The zero-order valence-electron chi connectivity index (χ0n) is 18.3. The highest BCUT2D eigenvalue weighted by atomic mass is 32.1. The Hall–Kier alpha value is -3.33. The number of thiophene rings is 1. The molecule has 32 heavy (non-hydrogen) atoms. The van der Waals surface area contributed by atoms with Crippen LogP contribution in [0.2, 0.25) is 0 Å². The van der Waals surface area contributed by atoms with Crippen molar-refractivity contribution in [1.29, 1.82) is 0 Å². The number of nitrogens with zero attached hydrogens (tertiary/aromatic N) is 3. The van der Waals surface area contributed by atoms with E-state index >= 15 is 0 Å². The lowest BCUT2D eigenvalue weighted by molar-refractivity contribution is -0.116. The molecular weight excluding hydrogens is 428 g/mol. The SMILES string of the molecule is COc1cc([C@H]2CC(=O)C3=C(C2)Nc2ncnn2[C@H]3c2sccc2C)cc(OC)c1OC. The van der Waals surface area contributed by atoms with E-state index in [9.17, 15) is 4.79 Å². The van der Waals surface area contributed by atoms with E-state index in [4.69, 9.17) is 14.2 Å². The molecule has 3 aromatic rings. The van der Waals surface area contributed by atoms with Gasteiger partial charge in [-0.15, -0.1) is 11.3 Å². The van der Waals surface area contributed by atoms with Crippen LogP contribution in [0.25, 0.3) is 0 Å². The summed E-state index contributed by atoms with van der Waals surface area (Å²) in [5.41, 5.74) is 3.79. The molecule has 5 rings (SSSR count). The molecule has 2 aromatic heterocycles. The fourth-order valence-electron chi connectivity index (χ4n) is 4.63. The summed E-state index contributed by atoms with van der Waals surface area (Å²) in [6.07, 6.45) is 2.59. The molecular formula is C23H24N4O4S. The number of nitrogens with one attached hydrogen (secondary N) is 1. The third-order valence-corrected chi connectivity index (χ3v) is 7.24. The molecule has 1 aliphatic carbocycles. The Bertz CT molecular complexity index is 1200. The van der Waals surface area contributed by atoms with Crippen LogP contribution in [-0.2, 0) is 4.79 Å². The molecule has 0 radical (unpaired) electrons. The number of benzene rings is 1. The quantitative estimate of drug-likeness (QED) is 0.624. The molecule has 0 saturated heterocycles. The summed E-state index contributed by atoms with van der Waals surface area (Å²) < 4.78 is 18.3. The van der Waals surface area contributed by atoms with Crippen molar-refractivity contribution >= 4 is 23.1 Å². The Morgan fingerprint density at radius 2 is 1.88 bits per heavy atom. The van der Waals surface area contributed by atoms with Gasteiger partial charge in [-0.3, -0.25) is 4.79 Å². The highest BCUT2D eigenvalue weighted by Gasteiger charge is 2.40. The van der Waals surface area contributed by atoms with E-state index in [1.165, 1.54) is 6.33 Å². The third kappa shape index (κ3) is 3.15. The number of carbonyl (C=O) groups is 1. The fraction of sp³-hybridized carbons (Fsp3) is 0.348. The molecule has 0 bridgehead atoms. The van der Waals surface area contributed by atoms with Crippen LogP contribution < -0.4 is 19.5 Å². The molecule has 1 N–H and O–H groups in total. The van der Waals surface area contributed by atoms with E-state index in [1.807, 2.05) is 16.8 Å². The second-order valence-electron chi connectivity index (χ2n) is 7.90. The van der Waals surface area contributed by atoms with E-state index in [0.717, 1.165) is 27.3 Å². The Morgan fingerprint density at radius 1 is 1.12 bits per heavy atom. The number of aromatic nitrogens is 3. The summed E-state index contributed by atoms with van der Waals surface area (Å²) in [6, 6.07) is 5.68. The number of Topliss-reactive ketones (excluding diaryl/α,β-unsaturated/α-hetero) is 1. The fourth-order valence-corrected chi connectivity index (χ4v) is 5.65. The van der Waals surface area contributed by atoms with Crippen molar-refractivity contribution in [2.45, 2.75) is 31.7 Å². The first-order chi connectivity index (χ1) is 15.5. The number of anilines is 1. The number of carbonyl (C=O) groups excluding carboxylic acids is 1. The Kier molecular flexibility index (Phi) is 5.13. The number of aryl methyl sites for hydroxylation is 1. The molecule has 0 saturated carbocycles. The zero-order chi connectivity index (χ0) is 22.4. The van der Waals surface area contributed by atoms with Gasteiger partial charge in [-0.05, 0) is 54.0 Å². The predicted octanol–water partition coefficient (Wildman–Crippen LogP) is 4.09. The zero-order valence-corrected chi connectivity index (χ0v) is 19.2. The maximum atomic E-state index is 13.6. The van der Waals surface area contributed by atoms with Gasteiger partial charge < -0.3 is 19.5 Å². The molecule has 0 unspecified atom stereocenters. The number of fused-ring (bicyclic) bond motifs is 1. The molecule has 166 valence electrons. The predicted molar refractivity (Wildman–Crippen MR) is 121 cm³/mol. The van der Waals surface area contributed by atoms with Gasteiger partial charge in [0.15, 0.2) is 17.3 Å². The van der Waals surface area contributed by atoms with E-state index in [2.05, 4.69) is 33.8 Å². The lowest BCUT2D eigenvalue weighted by Gasteiger charge is -2.35. The Morgan fingerprint density at radius 3 is 2.50 bits per heavy atom. The lowest BCUT2D eigenvalue weighted by Crippen LogP contribution is -2.33. The highest BCUT2D eigenvalue weighted by Crippen LogP contribution is 2.47. The van der Waals surface area contributed by atoms with Crippen LogP contribution in [0.15, 0.2) is 41.2 Å². The van der Waals surface area contributed by atoms with Gasteiger partial charge in [-0.1, -0.05) is 0 Å². The van der Waals surface area contributed by atoms with Crippen LogP contribution in [0.3, 0.4) is 0 Å². The Labute approximate surface area is 189 Å². The van der Waals surface area contributed by atoms with E-state index < -0.39 is 0 Å². The van der Waals surface area contributed by atoms with Crippen LogP contribution >= 0.6 is 11.3 Å². The van der Waals surface area contributed by atoms with Gasteiger partial charge in [-0.2, -0.15) is 10.1 Å². The second kappa shape index (κ2) is 7.98. The van der Waals surface area contributed by atoms with Crippen LogP contribution in [0, 0.1) is 6.92 Å². The smallest absolute Gasteiger partial charge is 0.226 e. The molecule has 2 atom stereocenters. The largest absolute Gasteiger partial charge is 0.493 e. The molecule has 0 amide bonds. The minimum atomic E-state index is -0.253. The number of ether oxygens (including phenoxy) is 3. The number of hydrogen-bond donors (Lipinski definition) is 1. The minimum absolute atomic E-state index is 0.0259. The Balaban J connectivity index is 1.58. The van der Waals surface area contributed by atoms with Crippen LogP contribution in [-0.4, -0.2) is 41.9 Å². The monoisotopic (exact) mass is 452 g/mol. The second-order valence-corrected chi connectivity index (χ2v) is 8.85. The number of methoxy groups -OCH3 is 3. The van der Waals surface area contributed by atoms with E-state index in [1.54, 1.807) is 32.7 Å². The van der Waals surface area contributed by atoms with Gasteiger partial charge in [-0.25, -0.2) is 4.68 Å². The third-order valence-electron chi connectivity index (χ3n) is 6.17. The summed E-state index contributed by atoms with van der Waals surface area (Å²) in [5.74, 6) is 2.44. The standard InChI is InChI=1S/C23H24N4O4S/c1-12-5-6-32-22(12)20-19-15(26-23-24-11-25-27(20)23)7-13(8-16(19)28)14-9-17(29-2)21(31-4)18(10-14)30-3/h5-6,9-11,13,20H,7-8H2,1-4H3,(H,24,25,26)/t13-,20-/m1/s1. The average Bonchev–Trinajstić information content (AvgIpc) is 3.44. The van der Waals surface area contributed by atoms with E-state index in [0.29, 0.717) is 36.0 Å². The van der Waals surface area contributed by atoms with E-state index in [-0.39, 0.29) is 17.7 Å². The maximum Gasteiger partial charge on any atom is 0.226 e. The van der Waals surface area contributed by atoms with Gasteiger partial charge in [0.1, 0.15) is 12.4 Å². The first-order valence-electron chi connectivity index (χ1n) is 10.3. The normalized spacial score (nSPS) is 19.8. The summed E-state index contributed by atoms with van der Waals surface area (Å²) in [4.78, 5) is 19.0. The summed E-state index contributed by atoms with van der Waals surface area (Å²) in [6.45, 7) is 2.07. The highest BCUT2D eigenvalue weighted by molar-refractivity contribution is 7.10. The average molecular weight is 453 g/mol. The molecule has 2 aliphatic rings. The van der Waals surface area contributed by atoms with Gasteiger partial charge in [0.2, 0.25) is 11.7 Å². The number of hydrogen-bond acceptors (Lipinski definition) is 8.